The molecule has 1 aliphatic rings. The van der Waals surface area contributed by atoms with Crippen molar-refractivity contribution < 1.29 is 19.4 Å². The Kier molecular flexibility index (Phi) is 4.35. The minimum Gasteiger partial charge on any atom is -0.481 e. The fourth-order valence-corrected chi connectivity index (χ4v) is 1.51. The Bertz CT molecular complexity index is 371. The third-order valence-corrected chi connectivity index (χ3v) is 2.76. The topological polar surface area (TPSA) is 87.7 Å². The zero-order valence-electron chi connectivity index (χ0n) is 9.87. The predicted octanol–water partition coefficient (Wildman–Crippen LogP) is -0.201. The van der Waals surface area contributed by atoms with Crippen LogP contribution < -0.4 is 10.6 Å². The first kappa shape index (κ1) is 13.3. The molecule has 0 spiro atoms. The number of nitrogens with one attached hydrogen (secondary N) is 2. The molecule has 1 aliphatic heterocycles. The first-order valence-corrected chi connectivity index (χ1v) is 5.26. The number of carbonyl (C=O) groups is 2. The highest BCUT2D eigenvalue weighted by molar-refractivity contribution is 5.79. The highest BCUT2D eigenvalue weighted by atomic mass is 16.5. The second kappa shape index (κ2) is 5.55. The van der Waals surface area contributed by atoms with E-state index >= 15 is 0 Å². The van der Waals surface area contributed by atoms with E-state index in [2.05, 4.69) is 22.5 Å². The minimum atomic E-state index is -1.08. The Morgan fingerprint density at radius 3 is 2.88 bits per heavy atom. The van der Waals surface area contributed by atoms with Gasteiger partial charge in [0.25, 0.3) is 0 Å². The van der Waals surface area contributed by atoms with E-state index in [1.807, 2.05) is 0 Å². The van der Waals surface area contributed by atoms with Gasteiger partial charge in [-0.25, -0.2) is 4.79 Å². The van der Waals surface area contributed by atoms with E-state index < -0.39 is 23.5 Å². The highest BCUT2D eigenvalue weighted by Crippen LogP contribution is 2.28. The van der Waals surface area contributed by atoms with Crippen molar-refractivity contribution in [1.82, 2.24) is 10.6 Å². The van der Waals surface area contributed by atoms with Gasteiger partial charge in [-0.1, -0.05) is 5.92 Å². The monoisotopic (exact) mass is 240 g/mol. The predicted molar refractivity (Wildman–Crippen MR) is 60.3 cm³/mol. The first-order chi connectivity index (χ1) is 8.00. The Morgan fingerprint density at radius 1 is 1.59 bits per heavy atom. The van der Waals surface area contributed by atoms with Gasteiger partial charge in [0.1, 0.15) is 5.41 Å². The molecule has 2 amide bonds. The number of carboxylic acid groups (broad SMARTS) is 1. The molecule has 2 atom stereocenters. The summed E-state index contributed by atoms with van der Waals surface area (Å²) in [5.41, 5.74) is -1.08. The second-order valence-electron chi connectivity index (χ2n) is 4.04. The highest BCUT2D eigenvalue weighted by Gasteiger charge is 2.47. The van der Waals surface area contributed by atoms with Crippen LogP contribution in [0.3, 0.4) is 0 Å². The number of urea groups is 1. The molecule has 6 heteroatoms. The average molecular weight is 240 g/mol. The van der Waals surface area contributed by atoms with E-state index in [0.29, 0.717) is 0 Å². The maximum atomic E-state index is 11.4. The van der Waals surface area contributed by atoms with Gasteiger partial charge < -0.3 is 20.5 Å². The summed E-state index contributed by atoms with van der Waals surface area (Å²) >= 11 is 0. The van der Waals surface area contributed by atoms with E-state index in [0.717, 1.165) is 0 Å². The van der Waals surface area contributed by atoms with Crippen LogP contribution in [0.2, 0.25) is 0 Å². The molecule has 0 saturated carbocycles. The molecule has 0 aromatic heterocycles. The van der Waals surface area contributed by atoms with E-state index in [1.54, 1.807) is 13.8 Å². The number of hydrogen-bond donors (Lipinski definition) is 3. The van der Waals surface area contributed by atoms with Gasteiger partial charge in [-0.3, -0.25) is 4.79 Å². The summed E-state index contributed by atoms with van der Waals surface area (Å²) in [6.45, 7) is 3.77. The van der Waals surface area contributed by atoms with Gasteiger partial charge in [-0.15, -0.1) is 5.92 Å². The standard InChI is InChI=1S/C11H16N2O4/c1-3-4-5-12-10(16)13-8-6-17-7-11(8,2)9(14)15/h8H,5-7H2,1-2H3,(H,14,15)(H2,12,13,16). The first-order valence-electron chi connectivity index (χ1n) is 5.26. The molecule has 94 valence electrons. The third kappa shape index (κ3) is 3.11. The maximum absolute atomic E-state index is 11.4. The van der Waals surface area contributed by atoms with Crippen molar-refractivity contribution in [3.05, 3.63) is 0 Å². The Hall–Kier alpha value is -1.74. The molecule has 0 radical (unpaired) electrons. The van der Waals surface area contributed by atoms with Crippen molar-refractivity contribution in [2.24, 2.45) is 5.41 Å². The second-order valence-corrected chi connectivity index (χ2v) is 4.04. The summed E-state index contributed by atoms with van der Waals surface area (Å²) in [7, 11) is 0. The molecule has 0 aromatic carbocycles. The quantitative estimate of drug-likeness (QED) is 0.596. The average Bonchev–Trinajstić information content (AvgIpc) is 2.62. The van der Waals surface area contributed by atoms with Crippen LogP contribution >= 0.6 is 0 Å². The van der Waals surface area contributed by atoms with Crippen molar-refractivity contribution in [3.63, 3.8) is 0 Å². The molecule has 3 N–H and O–H groups in total. The molecule has 0 aromatic rings. The van der Waals surface area contributed by atoms with E-state index in [9.17, 15) is 9.59 Å². The van der Waals surface area contributed by atoms with Crippen molar-refractivity contribution >= 4 is 12.0 Å². The largest absolute Gasteiger partial charge is 0.481 e. The lowest BCUT2D eigenvalue weighted by molar-refractivity contribution is -0.148. The number of rotatable bonds is 3. The van der Waals surface area contributed by atoms with Crippen LogP contribution in [-0.2, 0) is 9.53 Å². The number of carbonyl (C=O) groups excluding carboxylic acids is 1. The van der Waals surface area contributed by atoms with E-state index in [-0.39, 0.29) is 19.8 Å². The number of ether oxygens (including phenoxy) is 1. The molecule has 6 nitrogen and oxygen atoms in total. The molecule has 1 saturated heterocycles. The maximum Gasteiger partial charge on any atom is 0.315 e. The minimum absolute atomic E-state index is 0.0993. The number of hydrogen-bond acceptors (Lipinski definition) is 3. The van der Waals surface area contributed by atoms with Crippen molar-refractivity contribution in [1.29, 1.82) is 0 Å². The van der Waals surface area contributed by atoms with Crippen LogP contribution in [0.15, 0.2) is 0 Å². The molecule has 1 rings (SSSR count). The fourth-order valence-electron chi connectivity index (χ4n) is 1.51. The van der Waals surface area contributed by atoms with Gasteiger partial charge in [0.15, 0.2) is 0 Å². The Morgan fingerprint density at radius 2 is 2.29 bits per heavy atom. The molecule has 1 heterocycles. The molecule has 17 heavy (non-hydrogen) atoms. The lowest BCUT2D eigenvalue weighted by Crippen LogP contribution is -2.52. The summed E-state index contributed by atoms with van der Waals surface area (Å²) in [5, 5.41) is 14.2. The smallest absolute Gasteiger partial charge is 0.315 e. The van der Waals surface area contributed by atoms with Gasteiger partial charge in [-0.05, 0) is 13.8 Å². The Balaban J connectivity index is 2.52. The number of carboxylic acids is 1. The van der Waals surface area contributed by atoms with Crippen LogP contribution in [0.25, 0.3) is 0 Å². The third-order valence-electron chi connectivity index (χ3n) is 2.76. The van der Waals surface area contributed by atoms with Crippen molar-refractivity contribution in [3.8, 4) is 11.8 Å². The van der Waals surface area contributed by atoms with Gasteiger partial charge >= 0.3 is 12.0 Å². The van der Waals surface area contributed by atoms with Crippen molar-refractivity contribution in [2.75, 3.05) is 19.8 Å². The summed E-state index contributed by atoms with van der Waals surface area (Å²) in [5.74, 6) is 4.34. The Labute approximate surface area is 99.7 Å². The van der Waals surface area contributed by atoms with E-state index in [4.69, 9.17) is 9.84 Å². The molecule has 1 fully saturated rings. The van der Waals surface area contributed by atoms with Gasteiger partial charge in [0.05, 0.1) is 25.8 Å². The fraction of sp³-hybridized carbons (Fsp3) is 0.636. The van der Waals surface area contributed by atoms with Crippen LogP contribution in [0.5, 0.6) is 0 Å². The molecular weight excluding hydrogens is 224 g/mol. The van der Waals surface area contributed by atoms with Crippen LogP contribution in [0.4, 0.5) is 4.79 Å². The summed E-state index contributed by atoms with van der Waals surface area (Å²) in [6.07, 6.45) is 0. The number of amides is 2. The molecule has 0 bridgehead atoms. The zero-order chi connectivity index (χ0) is 12.9. The van der Waals surface area contributed by atoms with Crippen LogP contribution in [0.1, 0.15) is 13.8 Å². The van der Waals surface area contributed by atoms with Gasteiger partial charge in [0.2, 0.25) is 0 Å². The lowest BCUT2D eigenvalue weighted by Gasteiger charge is -2.25. The zero-order valence-corrected chi connectivity index (χ0v) is 9.87. The normalized spacial score (nSPS) is 26.8. The summed E-state index contributed by atoms with van der Waals surface area (Å²) < 4.78 is 5.11. The summed E-state index contributed by atoms with van der Waals surface area (Å²) in [4.78, 5) is 22.5. The SMILES string of the molecule is CC#CCNC(=O)NC1COCC1(C)C(=O)O. The van der Waals surface area contributed by atoms with Crippen LogP contribution in [0, 0.1) is 17.3 Å². The number of aliphatic carboxylic acids is 1. The van der Waals surface area contributed by atoms with Gasteiger partial charge in [0, 0.05) is 0 Å². The van der Waals surface area contributed by atoms with Gasteiger partial charge in [-0.2, -0.15) is 0 Å². The molecular formula is C11H16N2O4. The molecule has 0 aliphatic carbocycles. The molecule has 2 unspecified atom stereocenters. The lowest BCUT2D eigenvalue weighted by atomic mass is 9.85. The van der Waals surface area contributed by atoms with E-state index in [1.165, 1.54) is 0 Å². The summed E-state index contributed by atoms with van der Waals surface area (Å²) in [6, 6.07) is -0.967. The van der Waals surface area contributed by atoms with Crippen LogP contribution in [-0.4, -0.2) is 42.9 Å². The van der Waals surface area contributed by atoms with Crippen molar-refractivity contribution in [2.45, 2.75) is 19.9 Å².